The molecular formula is C14H33N3. The van der Waals surface area contributed by atoms with Crippen LogP contribution in [-0.2, 0) is 0 Å². The average Bonchev–Trinajstić information content (AvgIpc) is 2.22. The molecule has 0 amide bonds. The SMILES string of the molecule is CCN(CCNC(C)C(C)C)C(C)CN(C)C. The summed E-state index contributed by atoms with van der Waals surface area (Å²) in [4.78, 5) is 4.80. The Hall–Kier alpha value is -0.120. The van der Waals surface area contributed by atoms with Crippen molar-refractivity contribution in [2.75, 3.05) is 40.3 Å². The number of nitrogens with zero attached hydrogens (tertiary/aromatic N) is 2. The number of hydrogen-bond acceptors (Lipinski definition) is 3. The van der Waals surface area contributed by atoms with Crippen molar-refractivity contribution in [3.63, 3.8) is 0 Å². The third-order valence-corrected chi connectivity index (χ3v) is 3.52. The molecule has 0 aromatic carbocycles. The zero-order chi connectivity index (χ0) is 13.4. The fourth-order valence-corrected chi connectivity index (χ4v) is 2.01. The molecule has 0 aliphatic rings. The molecule has 2 atom stereocenters. The lowest BCUT2D eigenvalue weighted by Gasteiger charge is -2.30. The Bertz CT molecular complexity index is 180. The van der Waals surface area contributed by atoms with Gasteiger partial charge in [0.2, 0.25) is 0 Å². The van der Waals surface area contributed by atoms with Crippen molar-refractivity contribution in [1.82, 2.24) is 15.1 Å². The van der Waals surface area contributed by atoms with Gasteiger partial charge in [0.1, 0.15) is 0 Å². The van der Waals surface area contributed by atoms with Gasteiger partial charge in [-0.25, -0.2) is 0 Å². The molecule has 0 spiro atoms. The molecule has 0 saturated heterocycles. The Morgan fingerprint density at radius 1 is 1.06 bits per heavy atom. The van der Waals surface area contributed by atoms with Crippen LogP contribution in [0, 0.1) is 5.92 Å². The Morgan fingerprint density at radius 2 is 1.65 bits per heavy atom. The van der Waals surface area contributed by atoms with Gasteiger partial charge in [0, 0.05) is 31.7 Å². The summed E-state index contributed by atoms with van der Waals surface area (Å²) in [6.07, 6.45) is 0. The van der Waals surface area contributed by atoms with Crippen molar-refractivity contribution in [1.29, 1.82) is 0 Å². The van der Waals surface area contributed by atoms with Gasteiger partial charge in [0.25, 0.3) is 0 Å². The first kappa shape index (κ1) is 16.9. The van der Waals surface area contributed by atoms with Gasteiger partial charge in [-0.1, -0.05) is 20.8 Å². The van der Waals surface area contributed by atoms with Crippen LogP contribution >= 0.6 is 0 Å². The average molecular weight is 243 g/mol. The molecule has 3 heteroatoms. The lowest BCUT2D eigenvalue weighted by molar-refractivity contribution is 0.179. The molecule has 0 radical (unpaired) electrons. The van der Waals surface area contributed by atoms with Crippen LogP contribution in [0.5, 0.6) is 0 Å². The quantitative estimate of drug-likeness (QED) is 0.667. The predicted octanol–water partition coefficient (Wildman–Crippen LogP) is 1.89. The van der Waals surface area contributed by atoms with Crippen LogP contribution in [0.4, 0.5) is 0 Å². The van der Waals surface area contributed by atoms with E-state index in [1.807, 2.05) is 0 Å². The molecule has 0 rings (SSSR count). The molecule has 0 aliphatic carbocycles. The van der Waals surface area contributed by atoms with Gasteiger partial charge in [-0.15, -0.1) is 0 Å². The largest absolute Gasteiger partial charge is 0.313 e. The fraction of sp³-hybridized carbons (Fsp3) is 1.00. The number of rotatable bonds is 9. The molecule has 0 aromatic rings. The zero-order valence-corrected chi connectivity index (χ0v) is 13.0. The van der Waals surface area contributed by atoms with Crippen molar-refractivity contribution in [3.8, 4) is 0 Å². The highest BCUT2D eigenvalue weighted by molar-refractivity contribution is 4.71. The molecule has 3 nitrogen and oxygen atoms in total. The Morgan fingerprint density at radius 3 is 2.06 bits per heavy atom. The van der Waals surface area contributed by atoms with E-state index < -0.39 is 0 Å². The Kier molecular flexibility index (Phi) is 8.83. The second kappa shape index (κ2) is 8.90. The Balaban J connectivity index is 3.89. The molecule has 2 unspecified atom stereocenters. The van der Waals surface area contributed by atoms with Gasteiger partial charge in [-0.2, -0.15) is 0 Å². The molecule has 17 heavy (non-hydrogen) atoms. The lowest BCUT2D eigenvalue weighted by atomic mass is 10.1. The van der Waals surface area contributed by atoms with E-state index >= 15 is 0 Å². The van der Waals surface area contributed by atoms with Gasteiger partial charge in [0.15, 0.2) is 0 Å². The van der Waals surface area contributed by atoms with Crippen LogP contribution in [0.3, 0.4) is 0 Å². The molecule has 0 saturated carbocycles. The summed E-state index contributed by atoms with van der Waals surface area (Å²) >= 11 is 0. The zero-order valence-electron chi connectivity index (χ0n) is 13.0. The highest BCUT2D eigenvalue weighted by atomic mass is 15.2. The molecule has 0 bridgehead atoms. The highest BCUT2D eigenvalue weighted by Gasteiger charge is 2.13. The topological polar surface area (TPSA) is 18.5 Å². The van der Waals surface area contributed by atoms with E-state index in [2.05, 4.69) is 63.8 Å². The molecular weight excluding hydrogens is 210 g/mol. The van der Waals surface area contributed by atoms with E-state index in [4.69, 9.17) is 0 Å². The second-order valence-corrected chi connectivity index (χ2v) is 5.73. The standard InChI is InChI=1S/C14H33N3/c1-8-17(13(4)11-16(6)7)10-9-15-14(5)12(2)3/h12-15H,8-11H2,1-7H3. The van der Waals surface area contributed by atoms with E-state index in [1.165, 1.54) is 0 Å². The molecule has 0 heterocycles. The van der Waals surface area contributed by atoms with Crippen molar-refractivity contribution in [2.24, 2.45) is 5.92 Å². The van der Waals surface area contributed by atoms with Crippen LogP contribution in [0.25, 0.3) is 0 Å². The van der Waals surface area contributed by atoms with E-state index in [0.29, 0.717) is 18.0 Å². The van der Waals surface area contributed by atoms with Gasteiger partial charge in [-0.05, 0) is 40.4 Å². The summed E-state index contributed by atoms with van der Waals surface area (Å²) < 4.78 is 0. The molecule has 1 N–H and O–H groups in total. The minimum absolute atomic E-state index is 0.609. The lowest BCUT2D eigenvalue weighted by Crippen LogP contribution is -2.44. The summed E-state index contributed by atoms with van der Waals surface area (Å²) in [7, 11) is 4.28. The summed E-state index contributed by atoms with van der Waals surface area (Å²) in [6.45, 7) is 15.9. The normalized spacial score (nSPS) is 15.9. The molecule has 0 aliphatic heterocycles. The smallest absolute Gasteiger partial charge is 0.0195 e. The maximum atomic E-state index is 3.60. The van der Waals surface area contributed by atoms with Crippen molar-refractivity contribution < 1.29 is 0 Å². The van der Waals surface area contributed by atoms with Crippen molar-refractivity contribution in [3.05, 3.63) is 0 Å². The summed E-state index contributed by atoms with van der Waals surface area (Å²) in [5, 5.41) is 3.60. The maximum absolute atomic E-state index is 3.60. The molecule has 0 aromatic heterocycles. The predicted molar refractivity (Wildman–Crippen MR) is 77.6 cm³/mol. The van der Waals surface area contributed by atoms with Crippen molar-refractivity contribution >= 4 is 0 Å². The summed E-state index contributed by atoms with van der Waals surface area (Å²) in [5.74, 6) is 0.712. The number of hydrogen-bond donors (Lipinski definition) is 1. The van der Waals surface area contributed by atoms with E-state index in [1.54, 1.807) is 0 Å². The Labute approximate surface area is 109 Å². The number of likely N-dealkylation sites (N-methyl/N-ethyl adjacent to an activating group) is 2. The van der Waals surface area contributed by atoms with Gasteiger partial charge in [-0.3, -0.25) is 4.90 Å². The minimum atomic E-state index is 0.609. The van der Waals surface area contributed by atoms with Gasteiger partial charge < -0.3 is 10.2 Å². The first-order valence-electron chi connectivity index (χ1n) is 7.00. The van der Waals surface area contributed by atoms with Crippen LogP contribution in [-0.4, -0.2) is 62.2 Å². The second-order valence-electron chi connectivity index (χ2n) is 5.73. The van der Waals surface area contributed by atoms with E-state index in [-0.39, 0.29) is 0 Å². The third kappa shape index (κ3) is 7.74. The molecule has 0 fully saturated rings. The molecule has 104 valence electrons. The first-order valence-corrected chi connectivity index (χ1v) is 7.00. The van der Waals surface area contributed by atoms with Crippen LogP contribution in [0.2, 0.25) is 0 Å². The van der Waals surface area contributed by atoms with Crippen LogP contribution in [0.1, 0.15) is 34.6 Å². The highest BCUT2D eigenvalue weighted by Crippen LogP contribution is 2.01. The number of nitrogens with one attached hydrogen (secondary N) is 1. The van der Waals surface area contributed by atoms with Crippen LogP contribution in [0.15, 0.2) is 0 Å². The van der Waals surface area contributed by atoms with Crippen LogP contribution < -0.4 is 5.32 Å². The maximum Gasteiger partial charge on any atom is 0.0195 e. The van der Waals surface area contributed by atoms with Gasteiger partial charge >= 0.3 is 0 Å². The van der Waals surface area contributed by atoms with Gasteiger partial charge in [0.05, 0.1) is 0 Å². The monoisotopic (exact) mass is 243 g/mol. The minimum Gasteiger partial charge on any atom is -0.313 e. The van der Waals surface area contributed by atoms with Crippen molar-refractivity contribution in [2.45, 2.75) is 46.7 Å². The summed E-state index contributed by atoms with van der Waals surface area (Å²) in [6, 6.07) is 1.24. The van der Waals surface area contributed by atoms with E-state index in [9.17, 15) is 0 Å². The van der Waals surface area contributed by atoms with E-state index in [0.717, 1.165) is 26.2 Å². The third-order valence-electron chi connectivity index (χ3n) is 3.52. The first-order chi connectivity index (χ1) is 7.88. The fourth-order valence-electron chi connectivity index (χ4n) is 2.01. The summed E-state index contributed by atoms with van der Waals surface area (Å²) in [5.41, 5.74) is 0.